The number of hydrogen-bond donors (Lipinski definition) is 2. The van der Waals surface area contributed by atoms with E-state index in [0.717, 1.165) is 36.1 Å². The summed E-state index contributed by atoms with van der Waals surface area (Å²) in [6, 6.07) is 8.29. The number of aromatic nitrogens is 3. The molecule has 1 aliphatic rings. The highest BCUT2D eigenvalue weighted by atomic mass is 16.2. The third kappa shape index (κ3) is 5.81. The molecule has 162 valence electrons. The first-order valence-electron chi connectivity index (χ1n) is 10.6. The predicted molar refractivity (Wildman–Crippen MR) is 118 cm³/mol. The lowest BCUT2D eigenvalue weighted by Gasteiger charge is -2.17. The Kier molecular flexibility index (Phi) is 7.43. The van der Waals surface area contributed by atoms with Crippen molar-refractivity contribution in [1.29, 1.82) is 0 Å². The summed E-state index contributed by atoms with van der Waals surface area (Å²) in [4.78, 5) is 18.5. The van der Waals surface area contributed by atoms with Gasteiger partial charge in [-0.3, -0.25) is 4.79 Å². The lowest BCUT2D eigenvalue weighted by Crippen LogP contribution is -2.43. The first kappa shape index (κ1) is 21.8. The number of aliphatic imine (C=N–C) groups is 1. The Bertz CT molecular complexity index is 881. The summed E-state index contributed by atoms with van der Waals surface area (Å²) < 4.78 is 1.96. The average molecular weight is 412 g/mol. The van der Waals surface area contributed by atoms with Gasteiger partial charge in [0.15, 0.2) is 11.8 Å². The molecule has 0 spiro atoms. The molecule has 1 aromatic heterocycles. The molecule has 1 amide bonds. The number of nitrogens with zero attached hydrogens (tertiary/aromatic N) is 5. The van der Waals surface area contributed by atoms with Crippen molar-refractivity contribution in [3.8, 4) is 0 Å². The van der Waals surface area contributed by atoms with Gasteiger partial charge in [0.25, 0.3) is 5.91 Å². The monoisotopic (exact) mass is 411 g/mol. The van der Waals surface area contributed by atoms with Gasteiger partial charge in [0.2, 0.25) is 0 Å². The fourth-order valence-corrected chi connectivity index (χ4v) is 3.60. The first-order chi connectivity index (χ1) is 14.4. The van der Waals surface area contributed by atoms with Crippen molar-refractivity contribution in [3.05, 3.63) is 47.0 Å². The fraction of sp³-hybridized carbons (Fsp3) is 0.545. The fourth-order valence-electron chi connectivity index (χ4n) is 3.60. The molecular weight excluding hydrogens is 378 g/mol. The Balaban J connectivity index is 1.61. The van der Waals surface area contributed by atoms with Crippen LogP contribution in [0.5, 0.6) is 0 Å². The summed E-state index contributed by atoms with van der Waals surface area (Å²) in [5.41, 5.74) is 1.84. The van der Waals surface area contributed by atoms with Crippen LogP contribution in [0, 0.1) is 6.92 Å². The summed E-state index contributed by atoms with van der Waals surface area (Å²) in [6.07, 6.45) is 5.69. The minimum Gasteiger partial charge on any atom is -0.356 e. The van der Waals surface area contributed by atoms with Crippen LogP contribution in [0.1, 0.15) is 53.3 Å². The molecule has 30 heavy (non-hydrogen) atoms. The van der Waals surface area contributed by atoms with Crippen molar-refractivity contribution in [3.63, 3.8) is 0 Å². The molecule has 1 fully saturated rings. The molecule has 3 rings (SSSR count). The summed E-state index contributed by atoms with van der Waals surface area (Å²) >= 11 is 0. The van der Waals surface area contributed by atoms with Gasteiger partial charge in [-0.2, -0.15) is 0 Å². The second kappa shape index (κ2) is 10.2. The maximum atomic E-state index is 12.2. The number of hydrogen-bond acceptors (Lipinski definition) is 4. The second-order valence-electron chi connectivity index (χ2n) is 8.09. The Morgan fingerprint density at radius 3 is 2.70 bits per heavy atom. The SMILES string of the molecule is Cc1nnc(CN=C(NCCc2cccc(C(=O)N(C)C)c2)NC2CCCC2)n1C. The highest BCUT2D eigenvalue weighted by molar-refractivity contribution is 5.94. The van der Waals surface area contributed by atoms with E-state index < -0.39 is 0 Å². The van der Waals surface area contributed by atoms with Gasteiger partial charge in [-0.1, -0.05) is 25.0 Å². The summed E-state index contributed by atoms with van der Waals surface area (Å²) in [5.74, 6) is 2.55. The Labute approximate surface area is 178 Å². The van der Waals surface area contributed by atoms with Crippen LogP contribution in [0.4, 0.5) is 0 Å². The third-order valence-electron chi connectivity index (χ3n) is 5.54. The van der Waals surface area contributed by atoms with Gasteiger partial charge in [0.1, 0.15) is 12.4 Å². The molecule has 1 aliphatic carbocycles. The van der Waals surface area contributed by atoms with E-state index in [0.29, 0.717) is 18.2 Å². The van der Waals surface area contributed by atoms with E-state index in [1.54, 1.807) is 19.0 Å². The molecule has 2 aromatic rings. The van der Waals surface area contributed by atoms with Gasteiger partial charge in [0, 0.05) is 39.3 Å². The van der Waals surface area contributed by atoms with Crippen molar-refractivity contribution >= 4 is 11.9 Å². The molecule has 0 bridgehead atoms. The lowest BCUT2D eigenvalue weighted by atomic mass is 10.1. The number of carbonyl (C=O) groups is 1. The number of rotatable bonds is 7. The zero-order valence-electron chi connectivity index (χ0n) is 18.5. The molecule has 1 heterocycles. The van der Waals surface area contributed by atoms with E-state index in [1.807, 2.05) is 36.7 Å². The molecule has 8 nitrogen and oxygen atoms in total. The quantitative estimate of drug-likeness (QED) is 0.538. The Morgan fingerprint density at radius 1 is 1.27 bits per heavy atom. The molecule has 0 atom stereocenters. The summed E-state index contributed by atoms with van der Waals surface area (Å²) in [7, 11) is 5.50. The number of carbonyl (C=O) groups excluding carboxylic acids is 1. The molecule has 1 aromatic carbocycles. The van der Waals surface area contributed by atoms with Crippen LogP contribution in [0.15, 0.2) is 29.3 Å². The van der Waals surface area contributed by atoms with Crippen LogP contribution in [0.3, 0.4) is 0 Å². The molecule has 1 saturated carbocycles. The van der Waals surface area contributed by atoms with Gasteiger partial charge in [-0.05, 0) is 43.9 Å². The van der Waals surface area contributed by atoms with Crippen LogP contribution >= 0.6 is 0 Å². The molecule has 0 aliphatic heterocycles. The van der Waals surface area contributed by atoms with E-state index in [1.165, 1.54) is 25.7 Å². The van der Waals surface area contributed by atoms with E-state index in [4.69, 9.17) is 4.99 Å². The lowest BCUT2D eigenvalue weighted by molar-refractivity contribution is 0.0827. The highest BCUT2D eigenvalue weighted by Crippen LogP contribution is 2.17. The predicted octanol–water partition coefficient (Wildman–Crippen LogP) is 2.05. The normalized spacial score (nSPS) is 14.7. The Hall–Kier alpha value is -2.90. The highest BCUT2D eigenvalue weighted by Gasteiger charge is 2.16. The average Bonchev–Trinajstić information content (AvgIpc) is 3.36. The topological polar surface area (TPSA) is 87.4 Å². The number of nitrogens with one attached hydrogen (secondary N) is 2. The number of guanidine groups is 1. The van der Waals surface area contributed by atoms with E-state index in [-0.39, 0.29) is 5.91 Å². The maximum Gasteiger partial charge on any atom is 0.253 e. The van der Waals surface area contributed by atoms with Crippen molar-refractivity contribution in [2.24, 2.45) is 12.0 Å². The van der Waals surface area contributed by atoms with Crippen LogP contribution in [0.2, 0.25) is 0 Å². The van der Waals surface area contributed by atoms with E-state index in [9.17, 15) is 4.79 Å². The molecule has 8 heteroatoms. The zero-order chi connectivity index (χ0) is 21.5. The van der Waals surface area contributed by atoms with Gasteiger partial charge < -0.3 is 20.1 Å². The zero-order valence-corrected chi connectivity index (χ0v) is 18.5. The van der Waals surface area contributed by atoms with E-state index >= 15 is 0 Å². The number of amides is 1. The van der Waals surface area contributed by atoms with Gasteiger partial charge >= 0.3 is 0 Å². The smallest absolute Gasteiger partial charge is 0.253 e. The van der Waals surface area contributed by atoms with Crippen molar-refractivity contribution in [2.75, 3.05) is 20.6 Å². The molecule has 0 saturated heterocycles. The minimum atomic E-state index is 0.0222. The number of aryl methyl sites for hydroxylation is 1. The van der Waals surface area contributed by atoms with E-state index in [2.05, 4.69) is 26.9 Å². The molecule has 0 unspecified atom stereocenters. The van der Waals surface area contributed by atoms with Crippen LogP contribution in [-0.2, 0) is 20.0 Å². The van der Waals surface area contributed by atoms with Gasteiger partial charge in [-0.15, -0.1) is 10.2 Å². The summed E-state index contributed by atoms with van der Waals surface area (Å²) in [5, 5.41) is 15.3. The number of benzene rings is 1. The Morgan fingerprint density at radius 2 is 2.03 bits per heavy atom. The summed E-state index contributed by atoms with van der Waals surface area (Å²) in [6.45, 7) is 3.15. The van der Waals surface area contributed by atoms with Crippen molar-refractivity contribution in [2.45, 2.75) is 51.6 Å². The minimum absolute atomic E-state index is 0.0222. The van der Waals surface area contributed by atoms with Crippen molar-refractivity contribution in [1.82, 2.24) is 30.3 Å². The van der Waals surface area contributed by atoms with Crippen molar-refractivity contribution < 1.29 is 4.79 Å². The molecule has 0 radical (unpaired) electrons. The molecule has 2 N–H and O–H groups in total. The van der Waals surface area contributed by atoms with Crippen LogP contribution in [-0.4, -0.2) is 58.2 Å². The first-order valence-corrected chi connectivity index (χ1v) is 10.6. The van der Waals surface area contributed by atoms with Crippen LogP contribution in [0.25, 0.3) is 0 Å². The molecular formula is C22H33N7O. The largest absolute Gasteiger partial charge is 0.356 e. The van der Waals surface area contributed by atoms with Gasteiger partial charge in [-0.25, -0.2) is 4.99 Å². The third-order valence-corrected chi connectivity index (χ3v) is 5.54. The van der Waals surface area contributed by atoms with Crippen LogP contribution < -0.4 is 10.6 Å². The standard InChI is InChI=1S/C22H33N7O/c1-16-26-27-20(29(16)4)15-24-22(25-19-10-5-6-11-19)23-13-12-17-8-7-9-18(14-17)21(30)28(2)3/h7-9,14,19H,5-6,10-13,15H2,1-4H3,(H2,23,24,25). The second-order valence-corrected chi connectivity index (χ2v) is 8.09. The van der Waals surface area contributed by atoms with Gasteiger partial charge in [0.05, 0.1) is 0 Å². The maximum absolute atomic E-state index is 12.2.